The van der Waals surface area contributed by atoms with Gasteiger partial charge in [0.15, 0.2) is 0 Å². The highest BCUT2D eigenvalue weighted by Gasteiger charge is 2.28. The lowest BCUT2D eigenvalue weighted by Gasteiger charge is -2.38. The summed E-state index contributed by atoms with van der Waals surface area (Å²) in [5.74, 6) is -0.0198. The number of nitrogens with one attached hydrogen (secondary N) is 1. The molecule has 242 valence electrons. The molecule has 3 heterocycles. The van der Waals surface area contributed by atoms with Gasteiger partial charge in [0.25, 0.3) is 0 Å². The lowest BCUT2D eigenvalue weighted by Crippen LogP contribution is -2.47. The molecule has 6 rings (SSSR count). The molecule has 1 aliphatic heterocycles. The maximum atomic E-state index is 13.3. The van der Waals surface area contributed by atoms with Gasteiger partial charge in [-0.25, -0.2) is 9.97 Å². The highest BCUT2D eigenvalue weighted by atomic mass is 19.1. The van der Waals surface area contributed by atoms with Crippen molar-refractivity contribution in [1.82, 2.24) is 25.1 Å². The van der Waals surface area contributed by atoms with Crippen LogP contribution in [0.25, 0.3) is 22.3 Å². The SMILES string of the molecule is C[C@@H](c1ccc(-c2ccc(CO[C@H]3CCC[C@@H]3NCc3cc(-c4ccc(F)nc4)cnc3N)cc2)cc1)N1CCN(CCO)CC1. The molecular weight excluding hydrogens is 579 g/mol. The Labute approximate surface area is 271 Å². The van der Waals surface area contributed by atoms with E-state index in [2.05, 4.69) is 80.5 Å². The van der Waals surface area contributed by atoms with E-state index in [1.807, 2.05) is 6.07 Å². The normalized spacial score (nSPS) is 19.8. The van der Waals surface area contributed by atoms with Crippen LogP contribution in [0.5, 0.6) is 0 Å². The van der Waals surface area contributed by atoms with E-state index in [4.69, 9.17) is 10.5 Å². The number of aliphatic hydroxyl groups is 1. The number of aromatic nitrogens is 2. The Hall–Kier alpha value is -3.73. The minimum Gasteiger partial charge on any atom is -0.395 e. The largest absolute Gasteiger partial charge is 0.395 e. The van der Waals surface area contributed by atoms with E-state index in [0.29, 0.717) is 25.0 Å². The molecule has 1 saturated heterocycles. The molecule has 0 radical (unpaired) electrons. The summed E-state index contributed by atoms with van der Waals surface area (Å²) in [6.07, 6.45) is 6.52. The quantitative estimate of drug-likeness (QED) is 0.180. The summed E-state index contributed by atoms with van der Waals surface area (Å²) in [5.41, 5.74) is 13.7. The number of β-amino-alcohol motifs (C(OH)–C–C–N with tert-alkyl or cyclic N) is 1. The Bertz CT molecular complexity index is 1540. The van der Waals surface area contributed by atoms with Crippen LogP contribution in [0, 0.1) is 5.95 Å². The number of hydrogen-bond acceptors (Lipinski definition) is 8. The molecule has 1 saturated carbocycles. The van der Waals surface area contributed by atoms with Crippen LogP contribution < -0.4 is 11.1 Å². The van der Waals surface area contributed by atoms with Crippen molar-refractivity contribution in [2.45, 2.75) is 57.5 Å². The first-order chi connectivity index (χ1) is 22.5. The van der Waals surface area contributed by atoms with Gasteiger partial charge in [-0.3, -0.25) is 9.80 Å². The predicted octanol–water partition coefficient (Wildman–Crippen LogP) is 5.43. The minimum absolute atomic E-state index is 0.130. The van der Waals surface area contributed by atoms with Crippen LogP contribution in [0.3, 0.4) is 0 Å². The predicted molar refractivity (Wildman–Crippen MR) is 180 cm³/mol. The summed E-state index contributed by atoms with van der Waals surface area (Å²) in [7, 11) is 0. The summed E-state index contributed by atoms with van der Waals surface area (Å²) >= 11 is 0. The van der Waals surface area contributed by atoms with Gasteiger partial charge in [-0.15, -0.1) is 0 Å². The van der Waals surface area contributed by atoms with Gasteiger partial charge in [-0.05, 0) is 66.6 Å². The van der Waals surface area contributed by atoms with Gasteiger partial charge in [-0.1, -0.05) is 48.5 Å². The number of anilines is 1. The number of nitrogen functional groups attached to an aromatic ring is 1. The molecule has 9 heteroatoms. The number of hydrogen-bond donors (Lipinski definition) is 3. The van der Waals surface area contributed by atoms with E-state index in [1.165, 1.54) is 29.0 Å². The fourth-order valence-electron chi connectivity index (χ4n) is 6.64. The molecule has 8 nitrogen and oxygen atoms in total. The molecule has 4 aromatic rings. The van der Waals surface area contributed by atoms with E-state index in [9.17, 15) is 9.50 Å². The van der Waals surface area contributed by atoms with Gasteiger partial charge >= 0.3 is 0 Å². The van der Waals surface area contributed by atoms with Crippen molar-refractivity contribution in [3.63, 3.8) is 0 Å². The Morgan fingerprint density at radius 3 is 2.30 bits per heavy atom. The fourth-order valence-corrected chi connectivity index (χ4v) is 6.64. The van der Waals surface area contributed by atoms with Gasteiger partial charge in [-0.2, -0.15) is 4.39 Å². The number of benzene rings is 2. The van der Waals surface area contributed by atoms with Gasteiger partial charge in [0.2, 0.25) is 5.95 Å². The van der Waals surface area contributed by atoms with Crippen LogP contribution in [-0.4, -0.2) is 76.4 Å². The first-order valence-corrected chi connectivity index (χ1v) is 16.4. The summed E-state index contributed by atoms with van der Waals surface area (Å²) in [6, 6.07) is 23.3. The third kappa shape index (κ3) is 7.97. The average molecular weight is 625 g/mol. The first-order valence-electron chi connectivity index (χ1n) is 16.4. The maximum Gasteiger partial charge on any atom is 0.212 e. The Kier molecular flexibility index (Phi) is 10.7. The average Bonchev–Trinajstić information content (AvgIpc) is 3.55. The zero-order valence-electron chi connectivity index (χ0n) is 26.6. The Morgan fingerprint density at radius 1 is 0.913 bits per heavy atom. The highest BCUT2D eigenvalue weighted by molar-refractivity contribution is 5.65. The number of aliphatic hydroxyl groups excluding tert-OH is 1. The number of pyridine rings is 2. The summed E-state index contributed by atoms with van der Waals surface area (Å²) < 4.78 is 19.7. The second-order valence-corrected chi connectivity index (χ2v) is 12.5. The van der Waals surface area contributed by atoms with E-state index >= 15 is 0 Å². The molecule has 4 N–H and O–H groups in total. The molecule has 2 fully saturated rings. The summed E-state index contributed by atoms with van der Waals surface area (Å²) in [6.45, 7) is 8.52. The second-order valence-electron chi connectivity index (χ2n) is 12.5. The number of nitrogens with zero attached hydrogens (tertiary/aromatic N) is 4. The van der Waals surface area contributed by atoms with E-state index in [-0.39, 0.29) is 18.8 Å². The standard InChI is InChI=1S/C37H45FN6O2/c1-26(44-17-15-43(16-18-44)19-20-45)28-9-11-30(12-10-28)29-7-5-27(6-8-29)25-46-35-4-2-3-34(35)40-24-33-21-32(23-42-37(33)39)31-13-14-36(38)41-22-31/h5-14,21-23,26,34-35,40,45H,2-4,15-20,24-25H2,1H3,(H2,39,42)/t26-,34-,35-/m0/s1. The number of nitrogens with two attached hydrogens (primary N) is 1. The van der Waals surface area contributed by atoms with Crippen LogP contribution in [0.4, 0.5) is 10.2 Å². The van der Waals surface area contributed by atoms with Crippen molar-refractivity contribution < 1.29 is 14.2 Å². The molecule has 2 aromatic heterocycles. The summed E-state index contributed by atoms with van der Waals surface area (Å²) in [5, 5.41) is 12.9. The lowest BCUT2D eigenvalue weighted by molar-refractivity contribution is 0.0275. The monoisotopic (exact) mass is 624 g/mol. The molecule has 3 atom stereocenters. The molecule has 0 amide bonds. The molecule has 0 bridgehead atoms. The van der Waals surface area contributed by atoms with Crippen LogP contribution in [0.15, 0.2) is 79.1 Å². The van der Waals surface area contributed by atoms with Crippen molar-refractivity contribution in [2.75, 3.05) is 45.1 Å². The van der Waals surface area contributed by atoms with Crippen LogP contribution >= 0.6 is 0 Å². The first kappa shape index (κ1) is 32.2. The number of piperazine rings is 1. The zero-order valence-corrected chi connectivity index (χ0v) is 26.6. The molecule has 0 spiro atoms. The maximum absolute atomic E-state index is 13.3. The molecule has 2 aliphatic rings. The smallest absolute Gasteiger partial charge is 0.212 e. The minimum atomic E-state index is -0.505. The molecule has 2 aromatic carbocycles. The van der Waals surface area contributed by atoms with Crippen molar-refractivity contribution in [3.8, 4) is 22.3 Å². The van der Waals surface area contributed by atoms with Gasteiger partial charge in [0, 0.05) is 80.4 Å². The lowest BCUT2D eigenvalue weighted by atomic mass is 9.99. The number of ether oxygens (including phenoxy) is 1. The third-order valence-corrected chi connectivity index (χ3v) is 9.58. The van der Waals surface area contributed by atoms with Gasteiger partial charge in [0.1, 0.15) is 5.82 Å². The molecule has 1 aliphatic carbocycles. The Morgan fingerprint density at radius 2 is 1.61 bits per heavy atom. The van der Waals surface area contributed by atoms with Crippen LogP contribution in [0.2, 0.25) is 0 Å². The fraction of sp³-hybridized carbons (Fsp3) is 0.405. The Balaban J connectivity index is 0.993. The van der Waals surface area contributed by atoms with Crippen molar-refractivity contribution in [1.29, 1.82) is 0 Å². The van der Waals surface area contributed by atoms with E-state index in [1.54, 1.807) is 12.3 Å². The van der Waals surface area contributed by atoms with Crippen molar-refractivity contribution in [2.24, 2.45) is 0 Å². The zero-order chi connectivity index (χ0) is 31.9. The van der Waals surface area contributed by atoms with E-state index < -0.39 is 5.95 Å². The van der Waals surface area contributed by atoms with Gasteiger partial charge in [0.05, 0.1) is 19.3 Å². The molecule has 0 unspecified atom stereocenters. The highest BCUT2D eigenvalue weighted by Crippen LogP contribution is 2.28. The van der Waals surface area contributed by atoms with Gasteiger partial charge < -0.3 is 20.9 Å². The molecular formula is C37H45FN6O2. The number of halogens is 1. The van der Waals surface area contributed by atoms with Crippen LogP contribution in [-0.2, 0) is 17.9 Å². The summed E-state index contributed by atoms with van der Waals surface area (Å²) in [4.78, 5) is 13.0. The van der Waals surface area contributed by atoms with Crippen molar-refractivity contribution in [3.05, 3.63) is 102 Å². The topological polar surface area (TPSA) is 99.8 Å². The van der Waals surface area contributed by atoms with Crippen LogP contribution in [0.1, 0.15) is 48.9 Å². The van der Waals surface area contributed by atoms with Crippen molar-refractivity contribution >= 4 is 5.82 Å². The molecule has 46 heavy (non-hydrogen) atoms. The third-order valence-electron chi connectivity index (χ3n) is 9.58. The van der Waals surface area contributed by atoms with E-state index in [0.717, 1.165) is 74.2 Å². The second kappa shape index (κ2) is 15.2. The number of rotatable bonds is 12.